The molecule has 0 saturated carbocycles. The predicted octanol–water partition coefficient (Wildman–Crippen LogP) is 4.35. The molecule has 1 unspecified atom stereocenters. The van der Waals surface area contributed by atoms with E-state index in [1.807, 2.05) is 13.8 Å². The first-order chi connectivity index (χ1) is 7.69. The molecule has 0 fully saturated rings. The Morgan fingerprint density at radius 1 is 1.44 bits per heavy atom. The Hall–Kier alpha value is -0.760. The largest absolute Gasteiger partial charge is 0.493 e. The van der Waals surface area contributed by atoms with E-state index in [1.54, 1.807) is 12.1 Å². The second-order valence-corrected chi connectivity index (χ2v) is 4.29. The number of hydrogen-bond donors (Lipinski definition) is 0. The fraction of sp³-hybridized carbons (Fsp3) is 0.538. The van der Waals surface area contributed by atoms with Gasteiger partial charge in [-0.15, -0.1) is 11.6 Å². The maximum absolute atomic E-state index is 13.2. The summed E-state index contributed by atoms with van der Waals surface area (Å²) in [7, 11) is 0. The number of hydrogen-bond acceptors (Lipinski definition) is 1. The molecule has 16 heavy (non-hydrogen) atoms. The van der Waals surface area contributed by atoms with Crippen LogP contribution >= 0.6 is 11.6 Å². The van der Waals surface area contributed by atoms with Crippen LogP contribution in [-0.2, 0) is 0 Å². The number of ether oxygens (including phenoxy) is 1. The van der Waals surface area contributed by atoms with Gasteiger partial charge in [-0.1, -0.05) is 13.8 Å². The zero-order valence-corrected chi connectivity index (χ0v) is 10.6. The van der Waals surface area contributed by atoms with Gasteiger partial charge in [-0.25, -0.2) is 4.39 Å². The zero-order chi connectivity index (χ0) is 12.0. The first-order valence-corrected chi connectivity index (χ1v) is 6.20. The van der Waals surface area contributed by atoms with Gasteiger partial charge in [-0.05, 0) is 42.5 Å². The molecule has 1 atom stereocenters. The molecular formula is C13H18ClFO. The third-order valence-corrected chi connectivity index (χ3v) is 2.72. The van der Waals surface area contributed by atoms with E-state index in [-0.39, 0.29) is 11.7 Å². The Bertz CT molecular complexity index is 328. The molecule has 0 aliphatic heterocycles. The summed E-state index contributed by atoms with van der Waals surface area (Å²) in [4.78, 5) is 0. The van der Waals surface area contributed by atoms with Gasteiger partial charge >= 0.3 is 0 Å². The minimum absolute atomic E-state index is 0.222. The van der Waals surface area contributed by atoms with E-state index < -0.39 is 0 Å². The molecule has 1 nitrogen and oxygen atoms in total. The Kier molecular flexibility index (Phi) is 5.61. The maximum atomic E-state index is 13.2. The van der Waals surface area contributed by atoms with Crippen LogP contribution < -0.4 is 4.74 Å². The van der Waals surface area contributed by atoms with Gasteiger partial charge in [0.15, 0.2) is 0 Å². The second kappa shape index (κ2) is 6.74. The molecule has 90 valence electrons. The van der Waals surface area contributed by atoms with Crippen LogP contribution in [-0.4, -0.2) is 12.5 Å². The Balaban J connectivity index is 2.88. The predicted molar refractivity (Wildman–Crippen MR) is 65.9 cm³/mol. The van der Waals surface area contributed by atoms with Crippen molar-refractivity contribution < 1.29 is 9.13 Å². The molecule has 0 amide bonds. The van der Waals surface area contributed by atoms with E-state index in [0.717, 1.165) is 24.2 Å². The lowest BCUT2D eigenvalue weighted by Crippen LogP contribution is -2.03. The number of halogens is 2. The number of rotatable bonds is 6. The van der Waals surface area contributed by atoms with Crippen molar-refractivity contribution in [1.29, 1.82) is 0 Å². The molecule has 1 aromatic rings. The van der Waals surface area contributed by atoms with Crippen molar-refractivity contribution >= 4 is 11.6 Å². The average molecular weight is 245 g/mol. The molecule has 0 heterocycles. The van der Waals surface area contributed by atoms with Gasteiger partial charge in [0.05, 0.1) is 6.61 Å². The molecule has 0 N–H and O–H groups in total. The van der Waals surface area contributed by atoms with Crippen LogP contribution in [0.25, 0.3) is 0 Å². The highest BCUT2D eigenvalue weighted by Crippen LogP contribution is 2.30. The van der Waals surface area contributed by atoms with E-state index in [2.05, 4.69) is 0 Å². The van der Waals surface area contributed by atoms with Crippen molar-refractivity contribution in [3.05, 3.63) is 29.6 Å². The highest BCUT2D eigenvalue weighted by Gasteiger charge is 2.12. The van der Waals surface area contributed by atoms with Gasteiger partial charge in [0.25, 0.3) is 0 Å². The van der Waals surface area contributed by atoms with Crippen LogP contribution in [0.3, 0.4) is 0 Å². The van der Waals surface area contributed by atoms with Crippen molar-refractivity contribution in [1.82, 2.24) is 0 Å². The summed E-state index contributed by atoms with van der Waals surface area (Å²) in [6, 6.07) is 4.68. The van der Waals surface area contributed by atoms with Gasteiger partial charge in [0, 0.05) is 5.88 Å². The smallest absolute Gasteiger partial charge is 0.123 e. The second-order valence-electron chi connectivity index (χ2n) is 3.91. The third kappa shape index (κ3) is 3.67. The Labute approximate surface area is 102 Å². The normalized spacial score (nSPS) is 12.5. The summed E-state index contributed by atoms with van der Waals surface area (Å²) in [6.45, 7) is 4.74. The van der Waals surface area contributed by atoms with Crippen LogP contribution in [0.5, 0.6) is 5.75 Å². The monoisotopic (exact) mass is 244 g/mol. The molecule has 0 aromatic heterocycles. The first kappa shape index (κ1) is 13.3. The minimum Gasteiger partial charge on any atom is -0.493 e. The minimum atomic E-state index is -0.222. The lowest BCUT2D eigenvalue weighted by molar-refractivity contribution is 0.311. The Morgan fingerprint density at radius 2 is 2.19 bits per heavy atom. The van der Waals surface area contributed by atoms with E-state index in [4.69, 9.17) is 16.3 Å². The summed E-state index contributed by atoms with van der Waals surface area (Å²) in [5, 5.41) is 0. The number of benzene rings is 1. The van der Waals surface area contributed by atoms with E-state index in [1.165, 1.54) is 6.07 Å². The van der Waals surface area contributed by atoms with Crippen molar-refractivity contribution in [2.75, 3.05) is 12.5 Å². The maximum Gasteiger partial charge on any atom is 0.123 e. The lowest BCUT2D eigenvalue weighted by Gasteiger charge is -2.16. The van der Waals surface area contributed by atoms with E-state index in [0.29, 0.717) is 12.5 Å². The van der Waals surface area contributed by atoms with Gasteiger partial charge < -0.3 is 4.74 Å². The topological polar surface area (TPSA) is 9.23 Å². The molecule has 0 spiro atoms. The number of alkyl halides is 1. The summed E-state index contributed by atoms with van der Waals surface area (Å²) in [5.74, 6) is 1.35. The first-order valence-electron chi connectivity index (χ1n) is 5.67. The molecule has 0 aliphatic rings. The molecule has 1 aromatic carbocycles. The van der Waals surface area contributed by atoms with E-state index in [9.17, 15) is 4.39 Å². The van der Waals surface area contributed by atoms with Gasteiger partial charge in [-0.2, -0.15) is 0 Å². The highest BCUT2D eigenvalue weighted by atomic mass is 35.5. The SMILES string of the molecule is CCCOc1ccc(F)cc1C(C)CCCl. The van der Waals surface area contributed by atoms with E-state index >= 15 is 0 Å². The summed E-state index contributed by atoms with van der Waals surface area (Å²) < 4.78 is 18.8. The molecule has 0 aliphatic carbocycles. The summed E-state index contributed by atoms with van der Waals surface area (Å²) in [6.07, 6.45) is 1.77. The van der Waals surface area contributed by atoms with Crippen LogP contribution in [0.1, 0.15) is 38.2 Å². The fourth-order valence-electron chi connectivity index (χ4n) is 1.57. The lowest BCUT2D eigenvalue weighted by atomic mass is 9.97. The quantitative estimate of drug-likeness (QED) is 0.676. The third-order valence-electron chi connectivity index (χ3n) is 2.51. The van der Waals surface area contributed by atoms with Gasteiger partial charge in [-0.3, -0.25) is 0 Å². The van der Waals surface area contributed by atoms with Crippen molar-refractivity contribution in [2.24, 2.45) is 0 Å². The van der Waals surface area contributed by atoms with Crippen LogP contribution in [0.15, 0.2) is 18.2 Å². The molecule has 3 heteroatoms. The van der Waals surface area contributed by atoms with Gasteiger partial charge in [0.1, 0.15) is 11.6 Å². The highest BCUT2D eigenvalue weighted by molar-refractivity contribution is 6.17. The van der Waals surface area contributed by atoms with Gasteiger partial charge in [0.2, 0.25) is 0 Å². The standard InChI is InChI=1S/C13H18ClFO/c1-3-8-16-13-5-4-11(15)9-12(13)10(2)6-7-14/h4-5,9-10H,3,6-8H2,1-2H3. The van der Waals surface area contributed by atoms with Crippen molar-refractivity contribution in [3.8, 4) is 5.75 Å². The molecule has 0 saturated heterocycles. The summed E-state index contributed by atoms with van der Waals surface area (Å²) >= 11 is 5.71. The van der Waals surface area contributed by atoms with Crippen molar-refractivity contribution in [3.63, 3.8) is 0 Å². The summed E-state index contributed by atoms with van der Waals surface area (Å²) in [5.41, 5.74) is 0.911. The average Bonchev–Trinajstić information content (AvgIpc) is 2.27. The van der Waals surface area contributed by atoms with Crippen LogP contribution in [0, 0.1) is 5.82 Å². The molecule has 0 bridgehead atoms. The molecule has 0 radical (unpaired) electrons. The molecular weight excluding hydrogens is 227 g/mol. The zero-order valence-electron chi connectivity index (χ0n) is 9.80. The van der Waals surface area contributed by atoms with Crippen LogP contribution in [0.4, 0.5) is 4.39 Å². The fourth-order valence-corrected chi connectivity index (χ4v) is 1.89. The van der Waals surface area contributed by atoms with Crippen LogP contribution in [0.2, 0.25) is 0 Å². The molecule has 1 rings (SSSR count). The Morgan fingerprint density at radius 3 is 2.81 bits per heavy atom. The van der Waals surface area contributed by atoms with Crippen molar-refractivity contribution in [2.45, 2.75) is 32.6 Å².